The van der Waals surface area contributed by atoms with Crippen molar-refractivity contribution >= 4 is 17.9 Å². The number of allylic oxidation sites excluding steroid dienone is 1. The van der Waals surface area contributed by atoms with Gasteiger partial charge in [-0.15, -0.1) is 0 Å². The van der Waals surface area contributed by atoms with E-state index in [4.69, 9.17) is 9.47 Å². The van der Waals surface area contributed by atoms with Crippen LogP contribution in [0.2, 0.25) is 0 Å². The second-order valence-corrected chi connectivity index (χ2v) is 8.12. The van der Waals surface area contributed by atoms with E-state index in [-0.39, 0.29) is 5.57 Å². The zero-order chi connectivity index (χ0) is 24.8. The molecule has 2 rings (SSSR count). The molecule has 0 heterocycles. The summed E-state index contributed by atoms with van der Waals surface area (Å²) in [6.07, 6.45) is 2.08. The standard InChI is InChI=1S/C27H28O6/c1-17(2)25(30)32-22-11-7-20(8-12-22)27(6,16-15-19(5)24(28)29)21-9-13-23(14-10-21)33-26(31)18(3)4/h7-15H,1,3,16H2,2,4-6H3,(H,28,29). The van der Waals surface area contributed by atoms with Crippen LogP contribution in [-0.2, 0) is 19.8 Å². The summed E-state index contributed by atoms with van der Waals surface area (Å²) < 4.78 is 10.5. The highest BCUT2D eigenvalue weighted by molar-refractivity contribution is 5.89. The van der Waals surface area contributed by atoms with Gasteiger partial charge in [0.2, 0.25) is 0 Å². The number of carboxylic acids is 1. The van der Waals surface area contributed by atoms with Gasteiger partial charge in [-0.25, -0.2) is 14.4 Å². The summed E-state index contributed by atoms with van der Waals surface area (Å²) in [5.74, 6) is -1.24. The first-order chi connectivity index (χ1) is 15.4. The van der Waals surface area contributed by atoms with E-state index >= 15 is 0 Å². The van der Waals surface area contributed by atoms with E-state index in [1.54, 1.807) is 51.1 Å². The van der Waals surface area contributed by atoms with E-state index in [0.717, 1.165) is 11.1 Å². The normalized spacial score (nSPS) is 11.5. The molecule has 172 valence electrons. The summed E-state index contributed by atoms with van der Waals surface area (Å²) in [4.78, 5) is 34.9. The monoisotopic (exact) mass is 448 g/mol. The van der Waals surface area contributed by atoms with Crippen molar-refractivity contribution in [3.05, 3.63) is 95.6 Å². The van der Waals surface area contributed by atoms with E-state index < -0.39 is 23.3 Å². The molecule has 0 bridgehead atoms. The molecule has 0 fully saturated rings. The van der Waals surface area contributed by atoms with Crippen molar-refractivity contribution in [2.75, 3.05) is 0 Å². The minimum absolute atomic E-state index is 0.236. The molecule has 2 aromatic rings. The summed E-state index contributed by atoms with van der Waals surface area (Å²) in [7, 11) is 0. The number of aliphatic carboxylic acids is 1. The SMILES string of the molecule is C=C(C)C(=O)Oc1ccc(C(C)(CC=C(C)C(=O)O)c2ccc(OC(=O)C(=C)C)cc2)cc1. The Hall–Kier alpha value is -3.93. The lowest BCUT2D eigenvalue weighted by atomic mass is 9.73. The zero-order valence-electron chi connectivity index (χ0n) is 19.3. The first-order valence-electron chi connectivity index (χ1n) is 10.3. The van der Waals surface area contributed by atoms with E-state index in [1.807, 2.05) is 31.2 Å². The Morgan fingerprint density at radius 3 is 1.48 bits per heavy atom. The van der Waals surface area contributed by atoms with E-state index in [9.17, 15) is 19.5 Å². The van der Waals surface area contributed by atoms with Crippen molar-refractivity contribution < 1.29 is 29.0 Å². The molecule has 0 saturated carbocycles. The number of rotatable bonds is 9. The quantitative estimate of drug-likeness (QED) is 0.315. The maximum Gasteiger partial charge on any atom is 0.338 e. The van der Waals surface area contributed by atoms with Crippen LogP contribution in [0, 0.1) is 0 Å². The number of carbonyl (C=O) groups excluding carboxylic acids is 2. The number of benzene rings is 2. The Morgan fingerprint density at radius 2 is 1.18 bits per heavy atom. The van der Waals surface area contributed by atoms with Crippen LogP contribution in [0.25, 0.3) is 0 Å². The number of ether oxygens (including phenoxy) is 2. The second-order valence-electron chi connectivity index (χ2n) is 8.12. The first-order valence-corrected chi connectivity index (χ1v) is 10.3. The molecule has 0 aliphatic rings. The topological polar surface area (TPSA) is 89.9 Å². The third-order valence-corrected chi connectivity index (χ3v) is 5.25. The Labute approximate surface area is 193 Å². The lowest BCUT2D eigenvalue weighted by Crippen LogP contribution is -2.23. The molecular formula is C27H28O6. The van der Waals surface area contributed by atoms with Gasteiger partial charge >= 0.3 is 17.9 Å². The fourth-order valence-electron chi connectivity index (χ4n) is 3.02. The maximum atomic E-state index is 11.8. The zero-order valence-corrected chi connectivity index (χ0v) is 19.3. The Balaban J connectivity index is 2.42. The lowest BCUT2D eigenvalue weighted by Gasteiger charge is -2.30. The van der Waals surface area contributed by atoms with Crippen molar-refractivity contribution in [1.29, 1.82) is 0 Å². The maximum absolute atomic E-state index is 11.8. The molecule has 6 nitrogen and oxygen atoms in total. The number of carbonyl (C=O) groups is 3. The fourth-order valence-corrected chi connectivity index (χ4v) is 3.02. The molecular weight excluding hydrogens is 420 g/mol. The van der Waals surface area contributed by atoms with Gasteiger partial charge in [0, 0.05) is 22.1 Å². The van der Waals surface area contributed by atoms with Crippen LogP contribution >= 0.6 is 0 Å². The summed E-state index contributed by atoms with van der Waals surface area (Å²) in [5, 5.41) is 9.27. The van der Waals surface area contributed by atoms with Crippen molar-refractivity contribution in [2.45, 2.75) is 39.5 Å². The van der Waals surface area contributed by atoms with Gasteiger partial charge in [-0.3, -0.25) is 0 Å². The number of carboxylic acid groups (broad SMARTS) is 1. The van der Waals surface area contributed by atoms with Gasteiger partial charge in [0.25, 0.3) is 0 Å². The number of hydrogen-bond acceptors (Lipinski definition) is 5. The van der Waals surface area contributed by atoms with Gasteiger partial charge in [0.05, 0.1) is 0 Å². The fraction of sp³-hybridized carbons (Fsp3) is 0.222. The van der Waals surface area contributed by atoms with Crippen LogP contribution in [0.4, 0.5) is 0 Å². The third kappa shape index (κ3) is 6.53. The van der Waals surface area contributed by atoms with Gasteiger partial charge < -0.3 is 14.6 Å². The molecule has 2 aromatic carbocycles. The minimum atomic E-state index is -0.985. The highest BCUT2D eigenvalue weighted by atomic mass is 16.5. The van der Waals surface area contributed by atoms with E-state index in [0.29, 0.717) is 29.1 Å². The number of esters is 2. The van der Waals surface area contributed by atoms with Crippen LogP contribution in [-0.4, -0.2) is 23.0 Å². The van der Waals surface area contributed by atoms with E-state index in [2.05, 4.69) is 13.2 Å². The van der Waals surface area contributed by atoms with Crippen LogP contribution in [0.15, 0.2) is 84.5 Å². The summed E-state index contributed by atoms with van der Waals surface area (Å²) in [6, 6.07) is 14.1. The highest BCUT2D eigenvalue weighted by Gasteiger charge is 2.28. The Bertz CT molecular complexity index is 1030. The minimum Gasteiger partial charge on any atom is -0.478 e. The van der Waals surface area contributed by atoms with Crippen molar-refractivity contribution in [3.8, 4) is 11.5 Å². The van der Waals surface area contributed by atoms with Crippen molar-refractivity contribution in [3.63, 3.8) is 0 Å². The molecule has 0 unspecified atom stereocenters. The lowest BCUT2D eigenvalue weighted by molar-refractivity contribution is -0.133. The molecule has 33 heavy (non-hydrogen) atoms. The third-order valence-electron chi connectivity index (χ3n) is 5.25. The highest BCUT2D eigenvalue weighted by Crippen LogP contribution is 2.37. The van der Waals surface area contributed by atoms with Gasteiger partial charge in [0.1, 0.15) is 11.5 Å². The Kier molecular flexibility index (Phi) is 8.13. The largest absolute Gasteiger partial charge is 0.478 e. The van der Waals surface area contributed by atoms with Crippen molar-refractivity contribution in [2.24, 2.45) is 0 Å². The predicted molar refractivity (Wildman–Crippen MR) is 126 cm³/mol. The van der Waals surface area contributed by atoms with Crippen LogP contribution in [0.1, 0.15) is 45.2 Å². The van der Waals surface area contributed by atoms with E-state index in [1.165, 1.54) is 0 Å². The predicted octanol–water partition coefficient (Wildman–Crippen LogP) is 5.38. The molecule has 0 atom stereocenters. The summed E-state index contributed by atoms with van der Waals surface area (Å²) in [5.41, 5.74) is 2.00. The molecule has 1 N–H and O–H groups in total. The van der Waals surface area contributed by atoms with Crippen LogP contribution < -0.4 is 9.47 Å². The number of hydrogen-bond donors (Lipinski definition) is 1. The molecule has 6 heteroatoms. The van der Waals surface area contributed by atoms with Crippen molar-refractivity contribution in [1.82, 2.24) is 0 Å². The Morgan fingerprint density at radius 1 is 0.818 bits per heavy atom. The van der Waals surface area contributed by atoms with Gasteiger partial charge in [-0.2, -0.15) is 0 Å². The molecule has 0 amide bonds. The van der Waals surface area contributed by atoms with Gasteiger partial charge in [-0.05, 0) is 62.6 Å². The van der Waals surface area contributed by atoms with Crippen LogP contribution in [0.3, 0.4) is 0 Å². The molecule has 0 aliphatic heterocycles. The van der Waals surface area contributed by atoms with Gasteiger partial charge in [-0.1, -0.05) is 50.4 Å². The summed E-state index contributed by atoms with van der Waals surface area (Å²) >= 11 is 0. The average molecular weight is 449 g/mol. The molecule has 0 saturated heterocycles. The first kappa shape index (κ1) is 25.3. The smallest absolute Gasteiger partial charge is 0.338 e. The average Bonchev–Trinajstić information content (AvgIpc) is 2.77. The summed E-state index contributed by atoms with van der Waals surface area (Å²) in [6.45, 7) is 13.8. The van der Waals surface area contributed by atoms with Crippen LogP contribution in [0.5, 0.6) is 11.5 Å². The molecule has 0 aromatic heterocycles. The molecule has 0 radical (unpaired) electrons. The van der Waals surface area contributed by atoms with Gasteiger partial charge in [0.15, 0.2) is 0 Å². The molecule has 0 spiro atoms. The second kappa shape index (κ2) is 10.6. The molecule has 0 aliphatic carbocycles.